The monoisotopic (exact) mass is 284 g/mol. The van der Waals surface area contributed by atoms with Crippen molar-refractivity contribution in [1.29, 1.82) is 0 Å². The molecule has 1 aliphatic rings. The fourth-order valence-electron chi connectivity index (χ4n) is 1.71. The largest absolute Gasteiger partial charge is 0.293 e. The molecule has 1 aromatic rings. The molecule has 0 spiro atoms. The normalized spacial score (nSPS) is 16.3. The van der Waals surface area contributed by atoms with Gasteiger partial charge in [0, 0.05) is 10.7 Å². The van der Waals surface area contributed by atoms with E-state index in [4.69, 9.17) is 4.84 Å². The minimum absolute atomic E-state index is 0.166. The van der Waals surface area contributed by atoms with Crippen molar-refractivity contribution in [3.8, 4) is 0 Å². The molecule has 1 aliphatic carbocycles. The van der Waals surface area contributed by atoms with Crippen LogP contribution in [0.3, 0.4) is 0 Å². The van der Waals surface area contributed by atoms with Gasteiger partial charge in [-0.15, -0.1) is 0 Å². The van der Waals surface area contributed by atoms with E-state index in [-0.39, 0.29) is 12.0 Å². The van der Waals surface area contributed by atoms with E-state index in [9.17, 15) is 4.79 Å². The predicted molar refractivity (Wildman–Crippen MR) is 62.7 cm³/mol. The Kier molecular flexibility index (Phi) is 3.90. The number of amides is 1. The van der Waals surface area contributed by atoms with Gasteiger partial charge in [-0.1, -0.05) is 12.8 Å². The molecule has 0 saturated heterocycles. The fourth-order valence-corrected chi connectivity index (χ4v) is 1.94. The Morgan fingerprint density at radius 3 is 2.81 bits per heavy atom. The average Bonchev–Trinajstić information content (AvgIpc) is 2.80. The van der Waals surface area contributed by atoms with E-state index >= 15 is 0 Å². The highest BCUT2D eigenvalue weighted by Crippen LogP contribution is 2.19. The van der Waals surface area contributed by atoms with Crippen molar-refractivity contribution in [2.75, 3.05) is 0 Å². The lowest BCUT2D eigenvalue weighted by atomic mass is 10.3. The van der Waals surface area contributed by atoms with Crippen molar-refractivity contribution in [3.63, 3.8) is 0 Å². The number of hydroxylamine groups is 1. The lowest BCUT2D eigenvalue weighted by molar-refractivity contribution is -0.0127. The van der Waals surface area contributed by atoms with Crippen LogP contribution in [0.2, 0.25) is 0 Å². The number of carbonyl (C=O) groups is 1. The van der Waals surface area contributed by atoms with Crippen molar-refractivity contribution < 1.29 is 9.63 Å². The van der Waals surface area contributed by atoms with E-state index in [1.807, 2.05) is 0 Å². The highest BCUT2D eigenvalue weighted by atomic mass is 79.9. The molecule has 0 bridgehead atoms. The lowest BCUT2D eigenvalue weighted by Crippen LogP contribution is -2.28. The molecule has 0 unspecified atom stereocenters. The minimum Gasteiger partial charge on any atom is -0.270 e. The van der Waals surface area contributed by atoms with Gasteiger partial charge in [0.25, 0.3) is 5.91 Å². The van der Waals surface area contributed by atoms with E-state index in [0.29, 0.717) is 5.69 Å². The van der Waals surface area contributed by atoms with Crippen LogP contribution >= 0.6 is 15.9 Å². The van der Waals surface area contributed by atoms with E-state index in [1.165, 1.54) is 12.8 Å². The summed E-state index contributed by atoms with van der Waals surface area (Å²) in [7, 11) is 0. The third-order valence-corrected chi connectivity index (χ3v) is 3.05. The second-order valence-corrected chi connectivity index (χ2v) is 4.73. The quantitative estimate of drug-likeness (QED) is 0.868. The Morgan fingerprint density at radius 2 is 2.19 bits per heavy atom. The van der Waals surface area contributed by atoms with Crippen LogP contribution in [0.15, 0.2) is 22.8 Å². The van der Waals surface area contributed by atoms with Gasteiger partial charge in [-0.05, 0) is 40.9 Å². The average molecular weight is 285 g/mol. The first kappa shape index (κ1) is 11.5. The highest BCUT2D eigenvalue weighted by molar-refractivity contribution is 9.10. The molecule has 0 aliphatic heterocycles. The first-order valence-electron chi connectivity index (χ1n) is 5.33. The molecule has 0 aromatic carbocycles. The van der Waals surface area contributed by atoms with Crippen molar-refractivity contribution >= 4 is 21.8 Å². The molecule has 5 heteroatoms. The summed E-state index contributed by atoms with van der Waals surface area (Å²) in [4.78, 5) is 20.9. The number of hydrogen-bond acceptors (Lipinski definition) is 3. The number of nitrogens with zero attached hydrogens (tertiary/aromatic N) is 1. The third kappa shape index (κ3) is 3.02. The maximum absolute atomic E-state index is 11.6. The molecule has 1 saturated carbocycles. The van der Waals surface area contributed by atoms with Crippen LogP contribution in [-0.2, 0) is 4.84 Å². The molecule has 1 fully saturated rings. The van der Waals surface area contributed by atoms with Gasteiger partial charge in [0.1, 0.15) is 5.69 Å². The molecule has 4 nitrogen and oxygen atoms in total. The minimum atomic E-state index is -0.292. The summed E-state index contributed by atoms with van der Waals surface area (Å²) < 4.78 is 0.848. The zero-order valence-corrected chi connectivity index (χ0v) is 10.4. The van der Waals surface area contributed by atoms with E-state index in [2.05, 4.69) is 26.4 Å². The second kappa shape index (κ2) is 5.41. The zero-order chi connectivity index (χ0) is 11.4. The Hall–Kier alpha value is -0.940. The SMILES string of the molecule is O=C(NOC1CCCC1)c1ccc(Br)cn1. The molecule has 0 radical (unpaired) electrons. The van der Waals surface area contributed by atoms with Crippen LogP contribution in [0.1, 0.15) is 36.2 Å². The maximum Gasteiger partial charge on any atom is 0.293 e. The number of aromatic nitrogens is 1. The molecule has 16 heavy (non-hydrogen) atoms. The molecule has 1 aromatic heterocycles. The molecule has 2 rings (SSSR count). The molecular weight excluding hydrogens is 272 g/mol. The first-order chi connectivity index (χ1) is 7.75. The van der Waals surface area contributed by atoms with E-state index in [1.54, 1.807) is 18.3 Å². The molecule has 1 N–H and O–H groups in total. The van der Waals surface area contributed by atoms with Crippen LogP contribution in [0, 0.1) is 0 Å². The Labute approximate surface area is 102 Å². The Morgan fingerprint density at radius 1 is 1.44 bits per heavy atom. The Bertz CT molecular complexity index is 361. The van der Waals surface area contributed by atoms with Gasteiger partial charge in [0.05, 0.1) is 6.10 Å². The van der Waals surface area contributed by atoms with Gasteiger partial charge in [0.15, 0.2) is 0 Å². The summed E-state index contributed by atoms with van der Waals surface area (Å²) in [5.41, 5.74) is 2.81. The van der Waals surface area contributed by atoms with Crippen LogP contribution in [0.5, 0.6) is 0 Å². The molecule has 1 heterocycles. The van der Waals surface area contributed by atoms with Gasteiger partial charge in [0.2, 0.25) is 0 Å². The van der Waals surface area contributed by atoms with Crippen LogP contribution in [0.4, 0.5) is 0 Å². The van der Waals surface area contributed by atoms with Crippen LogP contribution in [0.25, 0.3) is 0 Å². The molecule has 1 amide bonds. The maximum atomic E-state index is 11.6. The number of pyridine rings is 1. The lowest BCUT2D eigenvalue weighted by Gasteiger charge is -2.10. The Balaban J connectivity index is 1.85. The first-order valence-corrected chi connectivity index (χ1v) is 6.12. The molecule has 86 valence electrons. The number of nitrogens with one attached hydrogen (secondary N) is 1. The summed E-state index contributed by atoms with van der Waals surface area (Å²) in [5, 5.41) is 0. The van der Waals surface area contributed by atoms with Gasteiger partial charge < -0.3 is 0 Å². The highest BCUT2D eigenvalue weighted by Gasteiger charge is 2.17. The van der Waals surface area contributed by atoms with Crippen molar-refractivity contribution in [2.24, 2.45) is 0 Å². The topological polar surface area (TPSA) is 51.2 Å². The number of carbonyl (C=O) groups excluding carboxylic acids is 1. The van der Waals surface area contributed by atoms with Crippen molar-refractivity contribution in [3.05, 3.63) is 28.5 Å². The van der Waals surface area contributed by atoms with Crippen molar-refractivity contribution in [2.45, 2.75) is 31.8 Å². The number of rotatable bonds is 3. The van der Waals surface area contributed by atoms with Gasteiger partial charge in [-0.3, -0.25) is 9.63 Å². The standard InChI is InChI=1S/C11H13BrN2O2/c12-8-5-6-10(13-7-8)11(15)14-16-9-3-1-2-4-9/h5-7,9H,1-4H2,(H,14,15). The number of halogens is 1. The van der Waals surface area contributed by atoms with Gasteiger partial charge in [-0.25, -0.2) is 10.5 Å². The molecule has 0 atom stereocenters. The van der Waals surface area contributed by atoms with Crippen molar-refractivity contribution in [1.82, 2.24) is 10.5 Å². The van der Waals surface area contributed by atoms with E-state index in [0.717, 1.165) is 17.3 Å². The van der Waals surface area contributed by atoms with E-state index < -0.39 is 0 Å². The summed E-state index contributed by atoms with van der Waals surface area (Å²) in [6, 6.07) is 3.43. The summed E-state index contributed by atoms with van der Waals surface area (Å²) in [6.45, 7) is 0. The summed E-state index contributed by atoms with van der Waals surface area (Å²) >= 11 is 3.26. The number of hydrogen-bond donors (Lipinski definition) is 1. The summed E-state index contributed by atoms with van der Waals surface area (Å²) in [5.74, 6) is -0.292. The summed E-state index contributed by atoms with van der Waals surface area (Å²) in [6.07, 6.45) is 6.15. The third-order valence-electron chi connectivity index (χ3n) is 2.58. The fraction of sp³-hybridized carbons (Fsp3) is 0.455. The smallest absolute Gasteiger partial charge is 0.270 e. The predicted octanol–water partition coefficient (Wildman–Crippen LogP) is 2.45. The van der Waals surface area contributed by atoms with Crippen LogP contribution < -0.4 is 5.48 Å². The molecular formula is C11H13BrN2O2. The second-order valence-electron chi connectivity index (χ2n) is 3.82. The van der Waals surface area contributed by atoms with Gasteiger partial charge in [-0.2, -0.15) is 0 Å². The zero-order valence-electron chi connectivity index (χ0n) is 8.78. The van der Waals surface area contributed by atoms with Gasteiger partial charge >= 0.3 is 0 Å². The van der Waals surface area contributed by atoms with Crippen LogP contribution in [-0.4, -0.2) is 17.0 Å².